The minimum atomic E-state index is -1.07. The van der Waals surface area contributed by atoms with E-state index >= 15 is 0 Å². The monoisotopic (exact) mass is 369 g/mol. The molecule has 0 fully saturated rings. The molecule has 26 heavy (non-hydrogen) atoms. The number of carbonyl (C=O) groups is 3. The molecule has 0 aliphatic heterocycles. The van der Waals surface area contributed by atoms with Crippen molar-refractivity contribution in [3.05, 3.63) is 0 Å². The molecule has 0 aromatic carbocycles. The van der Waals surface area contributed by atoms with E-state index < -0.39 is 23.7 Å². The lowest BCUT2D eigenvalue weighted by Crippen LogP contribution is -2.43. The smallest absolute Gasteiger partial charge is 0.326 e. The molecule has 0 aliphatic carbocycles. The minimum Gasteiger partial charge on any atom is -0.480 e. The molecule has 0 bridgehead atoms. The highest BCUT2D eigenvalue weighted by Crippen LogP contribution is 2.12. The maximum Gasteiger partial charge on any atom is 0.326 e. The van der Waals surface area contributed by atoms with Crippen LogP contribution in [0.1, 0.15) is 110 Å². The summed E-state index contributed by atoms with van der Waals surface area (Å²) in [4.78, 5) is 34.7. The highest BCUT2D eigenvalue weighted by atomic mass is 16.4. The summed E-state index contributed by atoms with van der Waals surface area (Å²) in [6.07, 6.45) is 15.3. The largest absolute Gasteiger partial charge is 0.480 e. The normalized spacial score (nSPS) is 11.9. The summed E-state index contributed by atoms with van der Waals surface area (Å²) in [5.74, 6) is -2.32. The van der Waals surface area contributed by atoms with Crippen molar-refractivity contribution in [1.29, 1.82) is 0 Å². The van der Waals surface area contributed by atoms with Crippen LogP contribution >= 0.6 is 0 Å². The third-order valence-corrected chi connectivity index (χ3v) is 4.71. The second-order valence-electron chi connectivity index (χ2n) is 7.22. The number of ketones is 1. The van der Waals surface area contributed by atoms with Gasteiger partial charge < -0.3 is 10.4 Å². The van der Waals surface area contributed by atoms with E-state index in [2.05, 4.69) is 12.2 Å². The number of nitrogens with one attached hydrogen (secondary N) is 1. The molecule has 0 unspecified atom stereocenters. The van der Waals surface area contributed by atoms with E-state index in [0.29, 0.717) is 19.3 Å². The zero-order chi connectivity index (χ0) is 19.6. The lowest BCUT2D eigenvalue weighted by Gasteiger charge is -2.13. The van der Waals surface area contributed by atoms with Gasteiger partial charge in [0.25, 0.3) is 5.91 Å². The van der Waals surface area contributed by atoms with Gasteiger partial charge >= 0.3 is 5.97 Å². The van der Waals surface area contributed by atoms with Crippen LogP contribution in [0.2, 0.25) is 0 Å². The Bertz CT molecular complexity index is 395. The number of rotatable bonds is 18. The molecule has 0 radical (unpaired) electrons. The van der Waals surface area contributed by atoms with E-state index in [4.69, 9.17) is 5.11 Å². The first-order valence-corrected chi connectivity index (χ1v) is 10.6. The summed E-state index contributed by atoms with van der Waals surface area (Å²) in [7, 11) is 0. The lowest BCUT2D eigenvalue weighted by atomic mass is 10.0. The topological polar surface area (TPSA) is 83.5 Å². The Morgan fingerprint density at radius 3 is 1.65 bits per heavy atom. The van der Waals surface area contributed by atoms with Crippen molar-refractivity contribution >= 4 is 17.7 Å². The summed E-state index contributed by atoms with van der Waals surface area (Å²) in [6, 6.07) is -0.955. The van der Waals surface area contributed by atoms with Crippen LogP contribution in [-0.4, -0.2) is 28.8 Å². The second kappa shape index (κ2) is 17.0. The van der Waals surface area contributed by atoms with Crippen molar-refractivity contribution in [2.75, 3.05) is 0 Å². The number of hydrogen-bond donors (Lipinski definition) is 2. The fourth-order valence-electron chi connectivity index (χ4n) is 2.97. The summed E-state index contributed by atoms with van der Waals surface area (Å²) >= 11 is 0. The molecule has 152 valence electrons. The Kier molecular flexibility index (Phi) is 16.1. The molecule has 0 aromatic rings. The minimum absolute atomic E-state index is 0.211. The van der Waals surface area contributed by atoms with Gasteiger partial charge in [-0.15, -0.1) is 0 Å². The fraction of sp³-hybridized carbons (Fsp3) is 0.857. The Hall–Kier alpha value is -1.39. The first-order valence-electron chi connectivity index (χ1n) is 10.6. The van der Waals surface area contributed by atoms with Gasteiger partial charge in [0.05, 0.1) is 0 Å². The highest BCUT2D eigenvalue weighted by molar-refractivity contribution is 6.36. The van der Waals surface area contributed by atoms with Gasteiger partial charge in [0.2, 0.25) is 5.78 Å². The van der Waals surface area contributed by atoms with Crippen molar-refractivity contribution in [2.45, 2.75) is 116 Å². The molecule has 0 heterocycles. The number of amides is 1. The summed E-state index contributed by atoms with van der Waals surface area (Å²) < 4.78 is 0. The molecule has 5 heteroatoms. The Balaban J connectivity index is 3.68. The van der Waals surface area contributed by atoms with Gasteiger partial charge in [0.1, 0.15) is 6.04 Å². The predicted octanol–water partition coefficient (Wildman–Crippen LogP) is 5.02. The molecule has 5 nitrogen and oxygen atoms in total. The number of hydrogen-bond acceptors (Lipinski definition) is 3. The molecule has 1 amide bonds. The first kappa shape index (κ1) is 24.6. The van der Waals surface area contributed by atoms with Crippen molar-refractivity contribution in [3.63, 3.8) is 0 Å². The second-order valence-corrected chi connectivity index (χ2v) is 7.22. The molecule has 0 spiro atoms. The van der Waals surface area contributed by atoms with Gasteiger partial charge in [0.15, 0.2) is 0 Å². The molecular formula is C21H39NO4. The number of Topliss-reactive ketones (excluding diaryl/α,β-unsaturated/α-hetero) is 1. The lowest BCUT2D eigenvalue weighted by molar-refractivity contribution is -0.144. The standard InChI is InChI=1S/C21H39NO4/c1-3-5-7-8-9-10-11-12-13-14-15-17-19(23)20(24)22-18(21(25)26)16-6-4-2/h18H,3-17H2,1-2H3,(H,22,24)(H,25,26)/t18-/m0/s1. The summed E-state index contributed by atoms with van der Waals surface area (Å²) in [5, 5.41) is 11.4. The first-order chi connectivity index (χ1) is 12.5. The molecule has 2 N–H and O–H groups in total. The van der Waals surface area contributed by atoms with Crippen LogP contribution in [0.15, 0.2) is 0 Å². The number of carboxylic acids is 1. The van der Waals surface area contributed by atoms with Crippen LogP contribution < -0.4 is 5.32 Å². The average Bonchev–Trinajstić information content (AvgIpc) is 2.62. The van der Waals surface area contributed by atoms with Gasteiger partial charge in [-0.1, -0.05) is 90.9 Å². The SMILES string of the molecule is CCCCCCCCCCCCCC(=O)C(=O)N[C@@H](CCCC)C(=O)O. The van der Waals surface area contributed by atoms with E-state index in [0.717, 1.165) is 19.3 Å². The van der Waals surface area contributed by atoms with Gasteiger partial charge in [-0.3, -0.25) is 9.59 Å². The fourth-order valence-corrected chi connectivity index (χ4v) is 2.97. The van der Waals surface area contributed by atoms with Crippen molar-refractivity contribution in [3.8, 4) is 0 Å². The third-order valence-electron chi connectivity index (χ3n) is 4.71. The Morgan fingerprint density at radius 1 is 0.731 bits per heavy atom. The molecular weight excluding hydrogens is 330 g/mol. The molecule has 0 rings (SSSR count). The van der Waals surface area contributed by atoms with Crippen LogP contribution in [0, 0.1) is 0 Å². The Labute approximate surface area is 159 Å². The maximum atomic E-state index is 11.8. The van der Waals surface area contributed by atoms with Crippen LogP contribution in [0.5, 0.6) is 0 Å². The zero-order valence-electron chi connectivity index (χ0n) is 16.9. The summed E-state index contributed by atoms with van der Waals surface area (Å²) in [6.45, 7) is 4.18. The molecule has 1 atom stereocenters. The van der Waals surface area contributed by atoms with Crippen LogP contribution in [0.25, 0.3) is 0 Å². The van der Waals surface area contributed by atoms with E-state index in [9.17, 15) is 14.4 Å². The number of carboxylic acid groups (broad SMARTS) is 1. The molecule has 0 saturated carbocycles. The van der Waals surface area contributed by atoms with Crippen molar-refractivity contribution in [2.24, 2.45) is 0 Å². The van der Waals surface area contributed by atoms with E-state index in [-0.39, 0.29) is 6.42 Å². The average molecular weight is 370 g/mol. The van der Waals surface area contributed by atoms with Crippen molar-refractivity contribution in [1.82, 2.24) is 5.32 Å². The zero-order valence-corrected chi connectivity index (χ0v) is 16.9. The Morgan fingerprint density at radius 2 is 1.19 bits per heavy atom. The van der Waals surface area contributed by atoms with E-state index in [1.54, 1.807) is 0 Å². The molecule has 0 aromatic heterocycles. The number of carbonyl (C=O) groups excluding carboxylic acids is 2. The maximum absolute atomic E-state index is 11.8. The number of unbranched alkanes of at least 4 members (excludes halogenated alkanes) is 11. The van der Waals surface area contributed by atoms with Gasteiger partial charge in [-0.2, -0.15) is 0 Å². The quantitative estimate of drug-likeness (QED) is 0.262. The van der Waals surface area contributed by atoms with Gasteiger partial charge in [-0.05, 0) is 12.8 Å². The van der Waals surface area contributed by atoms with Crippen LogP contribution in [0.3, 0.4) is 0 Å². The van der Waals surface area contributed by atoms with Crippen LogP contribution in [-0.2, 0) is 14.4 Å². The van der Waals surface area contributed by atoms with Gasteiger partial charge in [-0.25, -0.2) is 4.79 Å². The van der Waals surface area contributed by atoms with E-state index in [1.807, 2.05) is 6.92 Å². The third kappa shape index (κ3) is 13.9. The van der Waals surface area contributed by atoms with Gasteiger partial charge in [0, 0.05) is 6.42 Å². The summed E-state index contributed by atoms with van der Waals surface area (Å²) in [5.41, 5.74) is 0. The predicted molar refractivity (Wildman–Crippen MR) is 105 cm³/mol. The molecule has 0 aliphatic rings. The number of aliphatic carboxylic acids is 1. The highest BCUT2D eigenvalue weighted by Gasteiger charge is 2.22. The van der Waals surface area contributed by atoms with E-state index in [1.165, 1.54) is 51.4 Å². The van der Waals surface area contributed by atoms with Crippen LogP contribution in [0.4, 0.5) is 0 Å². The molecule has 0 saturated heterocycles. The van der Waals surface area contributed by atoms with Crippen molar-refractivity contribution < 1.29 is 19.5 Å².